The van der Waals surface area contributed by atoms with Gasteiger partial charge in [-0.15, -0.1) is 0 Å². The first-order valence-electron chi connectivity index (χ1n) is 10.9. The first-order chi connectivity index (χ1) is 13.8. The van der Waals surface area contributed by atoms with Gasteiger partial charge in [-0.05, 0) is 59.0 Å². The van der Waals surface area contributed by atoms with Crippen molar-refractivity contribution in [1.29, 1.82) is 0 Å². The van der Waals surface area contributed by atoms with Crippen molar-refractivity contribution < 1.29 is 10.2 Å². The van der Waals surface area contributed by atoms with E-state index in [0.717, 1.165) is 46.2 Å². The molecule has 0 bridgehead atoms. The number of phenolic OH excluding ortho intramolecular Hbond substituents is 2. The second-order valence-corrected chi connectivity index (χ2v) is 10.5. The van der Waals surface area contributed by atoms with Gasteiger partial charge >= 0.3 is 0 Å². The van der Waals surface area contributed by atoms with Gasteiger partial charge in [0.05, 0.1) is 0 Å². The van der Waals surface area contributed by atoms with E-state index in [1.165, 1.54) is 0 Å². The van der Waals surface area contributed by atoms with Gasteiger partial charge in [0.15, 0.2) is 0 Å². The Morgan fingerprint density at radius 3 is 1.30 bits per heavy atom. The Balaban J connectivity index is 2.74. The SMILES string of the molecule is CC(c1cc(CCN)cc(C(C)(C)C)c1O)c1cc(CCN)cc(C(C)(C)C)c1O. The summed E-state index contributed by atoms with van der Waals surface area (Å²) in [6.45, 7) is 15.7. The molecule has 0 aliphatic carbocycles. The number of benzene rings is 2. The van der Waals surface area contributed by atoms with Crippen LogP contribution in [0.25, 0.3) is 0 Å². The second-order valence-electron chi connectivity index (χ2n) is 10.5. The topological polar surface area (TPSA) is 92.5 Å². The molecule has 0 aliphatic rings. The molecule has 0 heterocycles. The lowest BCUT2D eigenvalue weighted by molar-refractivity contribution is 0.429. The van der Waals surface area contributed by atoms with Crippen LogP contribution in [0.5, 0.6) is 11.5 Å². The molecule has 0 spiro atoms. The molecule has 0 saturated heterocycles. The van der Waals surface area contributed by atoms with Crippen LogP contribution in [0.2, 0.25) is 0 Å². The maximum atomic E-state index is 11.2. The van der Waals surface area contributed by atoms with Crippen LogP contribution in [-0.4, -0.2) is 23.3 Å². The van der Waals surface area contributed by atoms with Crippen molar-refractivity contribution in [2.24, 2.45) is 11.5 Å². The van der Waals surface area contributed by atoms with Crippen molar-refractivity contribution in [2.45, 2.75) is 78.1 Å². The lowest BCUT2D eigenvalue weighted by atomic mass is 9.78. The zero-order valence-corrected chi connectivity index (χ0v) is 19.8. The molecule has 4 nitrogen and oxygen atoms in total. The molecule has 166 valence electrons. The predicted molar refractivity (Wildman–Crippen MR) is 127 cm³/mol. The van der Waals surface area contributed by atoms with E-state index in [-0.39, 0.29) is 16.7 Å². The van der Waals surface area contributed by atoms with Crippen LogP contribution in [0, 0.1) is 0 Å². The molecule has 0 amide bonds. The molecule has 30 heavy (non-hydrogen) atoms. The van der Waals surface area contributed by atoms with Gasteiger partial charge in [0, 0.05) is 17.0 Å². The Labute approximate surface area is 182 Å². The van der Waals surface area contributed by atoms with Crippen molar-refractivity contribution in [3.8, 4) is 11.5 Å². The molecule has 0 radical (unpaired) electrons. The van der Waals surface area contributed by atoms with Crippen molar-refractivity contribution in [1.82, 2.24) is 0 Å². The summed E-state index contributed by atoms with van der Waals surface area (Å²) in [6.07, 6.45) is 1.49. The van der Waals surface area contributed by atoms with Crippen LogP contribution < -0.4 is 11.5 Å². The number of nitrogens with two attached hydrogens (primary N) is 2. The van der Waals surface area contributed by atoms with Gasteiger partial charge in [-0.3, -0.25) is 0 Å². The van der Waals surface area contributed by atoms with Gasteiger partial charge in [0.25, 0.3) is 0 Å². The number of aromatic hydroxyl groups is 2. The van der Waals surface area contributed by atoms with E-state index in [0.29, 0.717) is 24.6 Å². The van der Waals surface area contributed by atoms with Gasteiger partial charge in [-0.2, -0.15) is 0 Å². The normalized spacial score (nSPS) is 12.6. The molecule has 2 rings (SSSR count). The van der Waals surface area contributed by atoms with E-state index in [4.69, 9.17) is 11.5 Å². The first-order valence-corrected chi connectivity index (χ1v) is 10.9. The molecular weight excluding hydrogens is 372 g/mol. The summed E-state index contributed by atoms with van der Waals surface area (Å²) >= 11 is 0. The lowest BCUT2D eigenvalue weighted by Crippen LogP contribution is -2.16. The van der Waals surface area contributed by atoms with E-state index >= 15 is 0 Å². The molecule has 0 aromatic heterocycles. The zero-order chi connectivity index (χ0) is 22.9. The Morgan fingerprint density at radius 1 is 0.700 bits per heavy atom. The van der Waals surface area contributed by atoms with Crippen molar-refractivity contribution in [2.75, 3.05) is 13.1 Å². The fourth-order valence-corrected chi connectivity index (χ4v) is 4.03. The molecule has 2 aromatic rings. The van der Waals surface area contributed by atoms with Gasteiger partial charge in [-0.25, -0.2) is 0 Å². The minimum Gasteiger partial charge on any atom is -0.507 e. The maximum Gasteiger partial charge on any atom is 0.123 e. The average molecular weight is 413 g/mol. The molecule has 0 fully saturated rings. The molecule has 0 atom stereocenters. The van der Waals surface area contributed by atoms with Gasteiger partial charge in [-0.1, -0.05) is 72.7 Å². The van der Waals surface area contributed by atoms with E-state index < -0.39 is 0 Å². The van der Waals surface area contributed by atoms with Gasteiger partial charge in [0.2, 0.25) is 0 Å². The third-order valence-electron chi connectivity index (χ3n) is 5.81. The Kier molecular flexibility index (Phi) is 7.26. The maximum absolute atomic E-state index is 11.2. The first kappa shape index (κ1) is 24.2. The fraction of sp³-hybridized carbons (Fsp3) is 0.538. The third kappa shape index (κ3) is 5.16. The van der Waals surface area contributed by atoms with E-state index in [1.807, 2.05) is 19.1 Å². The van der Waals surface area contributed by atoms with Crippen molar-refractivity contribution >= 4 is 0 Å². The van der Waals surface area contributed by atoms with Gasteiger partial charge in [0.1, 0.15) is 11.5 Å². The number of rotatable bonds is 6. The third-order valence-corrected chi connectivity index (χ3v) is 5.81. The highest BCUT2D eigenvalue weighted by Gasteiger charge is 2.28. The molecule has 0 unspecified atom stereocenters. The van der Waals surface area contributed by atoms with Crippen LogP contribution in [0.4, 0.5) is 0 Å². The summed E-state index contributed by atoms with van der Waals surface area (Å²) in [6, 6.07) is 8.19. The van der Waals surface area contributed by atoms with E-state index in [1.54, 1.807) is 0 Å². The number of phenols is 2. The van der Waals surface area contributed by atoms with Gasteiger partial charge < -0.3 is 21.7 Å². The highest BCUT2D eigenvalue weighted by atomic mass is 16.3. The fourth-order valence-electron chi connectivity index (χ4n) is 4.03. The monoisotopic (exact) mass is 412 g/mol. The van der Waals surface area contributed by atoms with E-state index in [2.05, 4.69) is 53.7 Å². The molecule has 0 saturated carbocycles. The van der Waals surface area contributed by atoms with Crippen LogP contribution in [-0.2, 0) is 23.7 Å². The minimum absolute atomic E-state index is 0.178. The Morgan fingerprint density at radius 2 is 1.03 bits per heavy atom. The summed E-state index contributed by atoms with van der Waals surface area (Å²) in [7, 11) is 0. The summed E-state index contributed by atoms with van der Waals surface area (Å²) < 4.78 is 0. The summed E-state index contributed by atoms with van der Waals surface area (Å²) in [5.74, 6) is 0.427. The number of hydrogen-bond donors (Lipinski definition) is 4. The summed E-state index contributed by atoms with van der Waals surface area (Å²) in [4.78, 5) is 0. The second kappa shape index (κ2) is 8.99. The average Bonchev–Trinajstić information content (AvgIpc) is 2.62. The Bertz CT molecular complexity index is 816. The summed E-state index contributed by atoms with van der Waals surface area (Å²) in [5, 5.41) is 22.4. The molecule has 4 heteroatoms. The Hall–Kier alpha value is -2.04. The van der Waals surface area contributed by atoms with Crippen molar-refractivity contribution in [3.63, 3.8) is 0 Å². The highest BCUT2D eigenvalue weighted by Crippen LogP contribution is 2.44. The minimum atomic E-state index is -0.205. The number of hydrogen-bond acceptors (Lipinski definition) is 4. The predicted octanol–water partition coefficient (Wildman–Crippen LogP) is 4.85. The molecular formula is C26H40N2O2. The molecule has 6 N–H and O–H groups in total. The molecule has 2 aromatic carbocycles. The van der Waals surface area contributed by atoms with Crippen LogP contribution in [0.1, 0.15) is 87.8 Å². The van der Waals surface area contributed by atoms with Crippen molar-refractivity contribution in [3.05, 3.63) is 57.6 Å². The lowest BCUT2D eigenvalue weighted by Gasteiger charge is -2.28. The standard InChI is InChI=1S/C26H40N2O2/c1-16(19-12-17(8-10-27)14-21(23(19)29)25(2,3)4)20-13-18(9-11-28)15-22(24(20)30)26(5,6)7/h12-16,29-30H,8-11,27-28H2,1-7H3. The van der Waals surface area contributed by atoms with E-state index in [9.17, 15) is 10.2 Å². The quantitative estimate of drug-likeness (QED) is 0.546. The molecule has 0 aliphatic heterocycles. The largest absolute Gasteiger partial charge is 0.507 e. The smallest absolute Gasteiger partial charge is 0.123 e. The summed E-state index contributed by atoms with van der Waals surface area (Å²) in [5.41, 5.74) is 16.9. The van der Waals surface area contributed by atoms with Crippen LogP contribution >= 0.6 is 0 Å². The zero-order valence-electron chi connectivity index (χ0n) is 19.8. The highest BCUT2D eigenvalue weighted by molar-refractivity contribution is 5.56. The van der Waals surface area contributed by atoms with Crippen LogP contribution in [0.15, 0.2) is 24.3 Å². The van der Waals surface area contributed by atoms with Crippen LogP contribution in [0.3, 0.4) is 0 Å².